The van der Waals surface area contributed by atoms with Crippen molar-refractivity contribution < 1.29 is 9.53 Å². The smallest absolute Gasteiger partial charge is 0.156 e. The number of aldehydes is 1. The SMILES string of the molecule is COc1c(Cl)cc([C@H]2[C@H](C=O)C2(Cl)Cl)cc1Cl. The van der Waals surface area contributed by atoms with Gasteiger partial charge < -0.3 is 9.53 Å². The Morgan fingerprint density at radius 1 is 1.29 bits per heavy atom. The van der Waals surface area contributed by atoms with Crippen LogP contribution in [0.3, 0.4) is 0 Å². The van der Waals surface area contributed by atoms with Crippen molar-refractivity contribution in [1.29, 1.82) is 0 Å². The van der Waals surface area contributed by atoms with Crippen molar-refractivity contribution in [2.45, 2.75) is 10.3 Å². The standard InChI is InChI=1S/C11H8Cl4O2/c1-17-10-7(12)2-5(3-8(10)13)9-6(4-16)11(9,14)15/h2-4,6,9H,1H3/t6-,9-/m0/s1. The zero-order chi connectivity index (χ0) is 12.8. The average Bonchev–Trinajstić information content (AvgIpc) is 2.79. The number of alkyl halides is 2. The highest BCUT2D eigenvalue weighted by Gasteiger charge is 2.64. The van der Waals surface area contributed by atoms with Crippen LogP contribution in [0, 0.1) is 5.92 Å². The van der Waals surface area contributed by atoms with Gasteiger partial charge in [-0.25, -0.2) is 0 Å². The maximum Gasteiger partial charge on any atom is 0.156 e. The van der Waals surface area contributed by atoms with Crippen LogP contribution in [0.25, 0.3) is 0 Å². The summed E-state index contributed by atoms with van der Waals surface area (Å²) < 4.78 is 3.97. The van der Waals surface area contributed by atoms with Crippen LogP contribution in [0.4, 0.5) is 0 Å². The zero-order valence-corrected chi connectivity index (χ0v) is 11.7. The summed E-state index contributed by atoms with van der Waals surface area (Å²) in [6.07, 6.45) is 0.747. The van der Waals surface area contributed by atoms with E-state index >= 15 is 0 Å². The first-order valence-corrected chi connectivity index (χ1v) is 6.30. The molecular formula is C11H8Cl4O2. The molecule has 0 bridgehead atoms. The molecule has 92 valence electrons. The van der Waals surface area contributed by atoms with Crippen LogP contribution in [0.15, 0.2) is 12.1 Å². The van der Waals surface area contributed by atoms with Crippen molar-refractivity contribution >= 4 is 52.7 Å². The van der Waals surface area contributed by atoms with E-state index in [1.54, 1.807) is 12.1 Å². The van der Waals surface area contributed by atoms with Gasteiger partial charge >= 0.3 is 0 Å². The lowest BCUT2D eigenvalue weighted by Crippen LogP contribution is -1.92. The van der Waals surface area contributed by atoms with Crippen LogP contribution < -0.4 is 4.74 Å². The molecule has 17 heavy (non-hydrogen) atoms. The number of carbonyl (C=O) groups is 1. The van der Waals surface area contributed by atoms with Crippen LogP contribution in [0.5, 0.6) is 5.75 Å². The van der Waals surface area contributed by atoms with Crippen molar-refractivity contribution in [3.05, 3.63) is 27.7 Å². The van der Waals surface area contributed by atoms with E-state index in [0.29, 0.717) is 15.8 Å². The number of halogens is 4. The fraction of sp³-hybridized carbons (Fsp3) is 0.364. The quantitative estimate of drug-likeness (QED) is 0.620. The number of hydrogen-bond donors (Lipinski definition) is 0. The van der Waals surface area contributed by atoms with E-state index in [-0.39, 0.29) is 5.92 Å². The second-order valence-electron chi connectivity index (χ2n) is 3.83. The number of hydrogen-bond acceptors (Lipinski definition) is 2. The molecule has 1 aromatic carbocycles. The normalized spacial score (nSPS) is 25.5. The Balaban J connectivity index is 2.40. The number of methoxy groups -OCH3 is 1. The predicted molar refractivity (Wildman–Crippen MR) is 69.7 cm³/mol. The van der Waals surface area contributed by atoms with Crippen LogP contribution in [-0.4, -0.2) is 17.7 Å². The average molecular weight is 314 g/mol. The van der Waals surface area contributed by atoms with Gasteiger partial charge in [0.15, 0.2) is 5.75 Å². The summed E-state index contributed by atoms with van der Waals surface area (Å²) in [4.78, 5) is 10.8. The number of ether oxygens (including phenoxy) is 1. The minimum absolute atomic E-state index is 0.274. The Kier molecular flexibility index (Phi) is 3.52. The molecule has 0 spiro atoms. The van der Waals surface area contributed by atoms with Gasteiger partial charge in [0, 0.05) is 5.92 Å². The van der Waals surface area contributed by atoms with Crippen LogP contribution in [-0.2, 0) is 4.79 Å². The molecule has 1 aromatic rings. The van der Waals surface area contributed by atoms with E-state index in [4.69, 9.17) is 51.1 Å². The van der Waals surface area contributed by atoms with Gasteiger partial charge in [-0.05, 0) is 17.7 Å². The number of rotatable bonds is 3. The molecule has 1 fully saturated rings. The first-order valence-electron chi connectivity index (χ1n) is 4.79. The second-order valence-corrected chi connectivity index (χ2v) is 6.09. The monoisotopic (exact) mass is 312 g/mol. The molecule has 0 heterocycles. The van der Waals surface area contributed by atoms with Gasteiger partial charge in [0.25, 0.3) is 0 Å². The zero-order valence-electron chi connectivity index (χ0n) is 8.72. The van der Waals surface area contributed by atoms with Crippen molar-refractivity contribution in [1.82, 2.24) is 0 Å². The van der Waals surface area contributed by atoms with Gasteiger partial charge in [-0.15, -0.1) is 23.2 Å². The molecule has 1 saturated carbocycles. The molecule has 0 N–H and O–H groups in total. The summed E-state index contributed by atoms with van der Waals surface area (Å²) in [7, 11) is 1.48. The lowest BCUT2D eigenvalue weighted by atomic mass is 10.1. The molecule has 2 nitrogen and oxygen atoms in total. The Hall–Kier alpha value is -0.150. The molecule has 0 amide bonds. The summed E-state index contributed by atoms with van der Waals surface area (Å²) in [6, 6.07) is 3.33. The lowest BCUT2D eigenvalue weighted by molar-refractivity contribution is -0.108. The summed E-state index contributed by atoms with van der Waals surface area (Å²) in [5.74, 6) is -0.300. The van der Waals surface area contributed by atoms with Gasteiger partial charge in [0.1, 0.15) is 10.6 Å². The Labute approximate surface area is 119 Å². The van der Waals surface area contributed by atoms with Gasteiger partial charge in [-0.1, -0.05) is 23.2 Å². The molecule has 2 rings (SSSR count). The minimum Gasteiger partial charge on any atom is -0.494 e. The van der Waals surface area contributed by atoms with Crippen LogP contribution in [0.2, 0.25) is 10.0 Å². The molecule has 6 heteroatoms. The molecule has 1 aliphatic rings. The first kappa shape index (κ1) is 13.3. The molecular weight excluding hydrogens is 306 g/mol. The Bertz CT molecular complexity index is 450. The molecule has 0 saturated heterocycles. The summed E-state index contributed by atoms with van der Waals surface area (Å²) >= 11 is 24.0. The third-order valence-corrected chi connectivity index (χ3v) is 4.38. The Morgan fingerprint density at radius 3 is 2.18 bits per heavy atom. The minimum atomic E-state index is -1.07. The van der Waals surface area contributed by atoms with E-state index in [0.717, 1.165) is 11.8 Å². The van der Waals surface area contributed by atoms with Crippen LogP contribution in [0.1, 0.15) is 11.5 Å². The number of carbonyl (C=O) groups excluding carboxylic acids is 1. The molecule has 1 aliphatic carbocycles. The highest BCUT2D eigenvalue weighted by molar-refractivity contribution is 6.53. The summed E-state index contributed by atoms with van der Waals surface area (Å²) in [6.45, 7) is 0. The fourth-order valence-corrected chi connectivity index (χ4v) is 3.31. The van der Waals surface area contributed by atoms with Crippen LogP contribution >= 0.6 is 46.4 Å². The van der Waals surface area contributed by atoms with Crippen molar-refractivity contribution in [3.8, 4) is 5.75 Å². The number of benzene rings is 1. The highest BCUT2D eigenvalue weighted by Crippen LogP contribution is 2.64. The van der Waals surface area contributed by atoms with E-state index < -0.39 is 10.3 Å². The second kappa shape index (κ2) is 4.51. The third-order valence-electron chi connectivity index (χ3n) is 2.84. The van der Waals surface area contributed by atoms with E-state index in [1.807, 2.05) is 0 Å². The van der Waals surface area contributed by atoms with Crippen molar-refractivity contribution in [2.24, 2.45) is 5.92 Å². The van der Waals surface area contributed by atoms with E-state index in [2.05, 4.69) is 0 Å². The van der Waals surface area contributed by atoms with Crippen molar-refractivity contribution in [3.63, 3.8) is 0 Å². The molecule has 2 atom stereocenters. The van der Waals surface area contributed by atoms with Gasteiger partial charge in [-0.2, -0.15) is 0 Å². The van der Waals surface area contributed by atoms with E-state index in [9.17, 15) is 4.79 Å². The molecule has 0 radical (unpaired) electrons. The largest absolute Gasteiger partial charge is 0.494 e. The highest BCUT2D eigenvalue weighted by atomic mass is 35.5. The van der Waals surface area contributed by atoms with Gasteiger partial charge in [0.2, 0.25) is 0 Å². The summed E-state index contributed by atoms with van der Waals surface area (Å²) in [5.41, 5.74) is 0.739. The van der Waals surface area contributed by atoms with Gasteiger partial charge in [0.05, 0.1) is 23.1 Å². The van der Waals surface area contributed by atoms with Crippen molar-refractivity contribution in [2.75, 3.05) is 7.11 Å². The topological polar surface area (TPSA) is 26.3 Å². The maximum absolute atomic E-state index is 10.8. The summed E-state index contributed by atoms with van der Waals surface area (Å²) in [5, 5.41) is 0.742. The first-order chi connectivity index (χ1) is 7.93. The fourth-order valence-electron chi connectivity index (χ4n) is 1.90. The molecule has 0 unspecified atom stereocenters. The third kappa shape index (κ3) is 2.12. The molecule has 0 aliphatic heterocycles. The maximum atomic E-state index is 10.8. The van der Waals surface area contributed by atoms with Gasteiger partial charge in [-0.3, -0.25) is 0 Å². The van der Waals surface area contributed by atoms with E-state index in [1.165, 1.54) is 7.11 Å². The predicted octanol–water partition coefficient (Wildman–Crippen LogP) is 4.09. The Morgan fingerprint density at radius 2 is 1.82 bits per heavy atom. The lowest BCUT2D eigenvalue weighted by Gasteiger charge is -2.08. The molecule has 0 aromatic heterocycles.